The molecule has 0 aliphatic heterocycles. The minimum absolute atomic E-state index is 0.0256. The molecular formula is C22H28N4OS. The summed E-state index contributed by atoms with van der Waals surface area (Å²) in [5.41, 5.74) is 3.71. The van der Waals surface area contributed by atoms with Gasteiger partial charge in [0.05, 0.1) is 11.3 Å². The third-order valence-corrected chi connectivity index (χ3v) is 6.10. The molecule has 3 aromatic rings. The lowest BCUT2D eigenvalue weighted by Crippen LogP contribution is -2.36. The standard InChI is InChI=1S/C22H28N4OS/c1-13(2)12-25-20-23-18-16-10-8-7-9-15(16)11-22(5,6)17(18)19(27)26(20)21(24-25)28-14(3)4/h7-10,13-14H,11-12H2,1-6H3. The van der Waals surface area contributed by atoms with Crippen molar-refractivity contribution in [2.45, 2.75) is 70.3 Å². The van der Waals surface area contributed by atoms with Gasteiger partial charge in [0.15, 0.2) is 5.16 Å². The van der Waals surface area contributed by atoms with Crippen molar-refractivity contribution in [3.8, 4) is 11.3 Å². The van der Waals surface area contributed by atoms with E-state index in [1.165, 1.54) is 5.56 Å². The Morgan fingerprint density at radius 1 is 1.18 bits per heavy atom. The van der Waals surface area contributed by atoms with Gasteiger partial charge in [-0.2, -0.15) is 0 Å². The fourth-order valence-electron chi connectivity index (χ4n) is 4.08. The van der Waals surface area contributed by atoms with E-state index < -0.39 is 0 Å². The Labute approximate surface area is 170 Å². The van der Waals surface area contributed by atoms with Crippen molar-refractivity contribution in [3.63, 3.8) is 0 Å². The summed E-state index contributed by atoms with van der Waals surface area (Å²) in [6.45, 7) is 13.6. The lowest BCUT2D eigenvalue weighted by atomic mass is 9.72. The normalized spacial score (nSPS) is 15.3. The van der Waals surface area contributed by atoms with Crippen molar-refractivity contribution >= 4 is 17.5 Å². The molecule has 2 heterocycles. The Morgan fingerprint density at radius 3 is 2.57 bits per heavy atom. The highest BCUT2D eigenvalue weighted by molar-refractivity contribution is 7.99. The number of thioether (sulfide) groups is 1. The molecule has 5 nitrogen and oxygen atoms in total. The highest BCUT2D eigenvalue weighted by atomic mass is 32.2. The molecule has 0 bridgehead atoms. The summed E-state index contributed by atoms with van der Waals surface area (Å²) in [7, 11) is 0. The molecule has 0 radical (unpaired) electrons. The van der Waals surface area contributed by atoms with Crippen molar-refractivity contribution in [2.75, 3.05) is 0 Å². The van der Waals surface area contributed by atoms with Crippen LogP contribution in [-0.4, -0.2) is 24.4 Å². The number of benzene rings is 1. The third-order valence-electron chi connectivity index (χ3n) is 5.15. The van der Waals surface area contributed by atoms with E-state index in [4.69, 9.17) is 10.1 Å². The van der Waals surface area contributed by atoms with Crippen LogP contribution in [0.3, 0.4) is 0 Å². The van der Waals surface area contributed by atoms with E-state index in [0.717, 1.165) is 34.9 Å². The van der Waals surface area contributed by atoms with Crippen molar-refractivity contribution in [2.24, 2.45) is 5.92 Å². The van der Waals surface area contributed by atoms with Gasteiger partial charge in [0.25, 0.3) is 5.56 Å². The van der Waals surface area contributed by atoms with Gasteiger partial charge in [0.2, 0.25) is 5.78 Å². The maximum atomic E-state index is 13.8. The fourth-order valence-corrected chi connectivity index (χ4v) is 4.92. The van der Waals surface area contributed by atoms with E-state index in [9.17, 15) is 4.79 Å². The van der Waals surface area contributed by atoms with Crippen molar-refractivity contribution < 1.29 is 0 Å². The zero-order chi connectivity index (χ0) is 20.2. The van der Waals surface area contributed by atoms with Crippen LogP contribution in [0.4, 0.5) is 0 Å². The molecule has 148 valence electrons. The average Bonchev–Trinajstić information content (AvgIpc) is 2.90. The summed E-state index contributed by atoms with van der Waals surface area (Å²) in [6.07, 6.45) is 0.839. The molecule has 0 spiro atoms. The van der Waals surface area contributed by atoms with Crippen LogP contribution in [0.1, 0.15) is 52.7 Å². The van der Waals surface area contributed by atoms with Crippen molar-refractivity contribution in [1.82, 2.24) is 19.2 Å². The Balaban J connectivity index is 2.09. The molecule has 0 saturated carbocycles. The maximum absolute atomic E-state index is 13.8. The molecule has 0 N–H and O–H groups in total. The van der Waals surface area contributed by atoms with Gasteiger partial charge >= 0.3 is 0 Å². The first-order chi connectivity index (χ1) is 13.2. The monoisotopic (exact) mass is 396 g/mol. The van der Waals surface area contributed by atoms with E-state index in [-0.39, 0.29) is 11.0 Å². The lowest BCUT2D eigenvalue weighted by molar-refractivity contribution is 0.484. The molecule has 0 unspecified atom stereocenters. The molecule has 0 fully saturated rings. The number of hydrogen-bond acceptors (Lipinski definition) is 4. The zero-order valence-corrected chi connectivity index (χ0v) is 18.3. The first kappa shape index (κ1) is 19.2. The molecule has 28 heavy (non-hydrogen) atoms. The fraction of sp³-hybridized carbons (Fsp3) is 0.500. The van der Waals surface area contributed by atoms with E-state index in [2.05, 4.69) is 59.7 Å². The summed E-state index contributed by atoms with van der Waals surface area (Å²) in [5, 5.41) is 5.86. The summed E-state index contributed by atoms with van der Waals surface area (Å²) < 4.78 is 3.64. The summed E-state index contributed by atoms with van der Waals surface area (Å²) >= 11 is 1.62. The van der Waals surface area contributed by atoms with Crippen LogP contribution in [0, 0.1) is 5.92 Å². The predicted molar refractivity (Wildman–Crippen MR) is 115 cm³/mol. The molecule has 6 heteroatoms. The van der Waals surface area contributed by atoms with E-state index in [0.29, 0.717) is 16.9 Å². The molecule has 1 aromatic carbocycles. The zero-order valence-electron chi connectivity index (χ0n) is 17.5. The topological polar surface area (TPSA) is 52.2 Å². The van der Waals surface area contributed by atoms with Gasteiger partial charge in [-0.1, -0.05) is 77.6 Å². The Hall–Kier alpha value is -2.08. The van der Waals surface area contributed by atoms with Gasteiger partial charge < -0.3 is 0 Å². The smallest absolute Gasteiger partial charge is 0.265 e. The predicted octanol–water partition coefficient (Wildman–Crippen LogP) is 4.55. The number of fused-ring (bicyclic) bond motifs is 4. The molecule has 1 aliphatic rings. The quantitative estimate of drug-likeness (QED) is 0.607. The average molecular weight is 397 g/mol. The van der Waals surface area contributed by atoms with Crippen LogP contribution >= 0.6 is 11.8 Å². The minimum atomic E-state index is -0.269. The second-order valence-corrected chi connectivity index (χ2v) is 10.6. The van der Waals surface area contributed by atoms with Gasteiger partial charge in [0.1, 0.15) is 0 Å². The van der Waals surface area contributed by atoms with E-state index >= 15 is 0 Å². The van der Waals surface area contributed by atoms with Gasteiger partial charge in [-0.15, -0.1) is 5.10 Å². The lowest BCUT2D eigenvalue weighted by Gasteiger charge is -2.32. The molecule has 2 aromatic heterocycles. The number of rotatable bonds is 4. The molecular weight excluding hydrogens is 368 g/mol. The van der Waals surface area contributed by atoms with Gasteiger partial charge in [-0.25, -0.2) is 14.1 Å². The van der Waals surface area contributed by atoms with Gasteiger partial charge in [-0.05, 0) is 17.9 Å². The molecule has 1 aliphatic carbocycles. The largest absolute Gasteiger partial charge is 0.268 e. The first-order valence-corrected chi connectivity index (χ1v) is 10.9. The Morgan fingerprint density at radius 2 is 1.89 bits per heavy atom. The molecule has 0 atom stereocenters. The summed E-state index contributed by atoms with van der Waals surface area (Å²) in [5.74, 6) is 1.06. The van der Waals surface area contributed by atoms with Crippen LogP contribution < -0.4 is 5.56 Å². The van der Waals surface area contributed by atoms with E-state index in [1.807, 2.05) is 10.7 Å². The number of hydrogen-bond donors (Lipinski definition) is 0. The molecule has 4 rings (SSSR count). The number of nitrogens with zero attached hydrogens (tertiary/aromatic N) is 4. The van der Waals surface area contributed by atoms with Crippen LogP contribution in [0.25, 0.3) is 17.0 Å². The van der Waals surface area contributed by atoms with E-state index in [1.54, 1.807) is 16.2 Å². The maximum Gasteiger partial charge on any atom is 0.265 e. The molecule has 0 saturated heterocycles. The SMILES string of the molecule is CC(C)Cn1nc(SC(C)C)n2c(=O)c3c(nc12)-c1ccccc1CC3(C)C. The highest BCUT2D eigenvalue weighted by Crippen LogP contribution is 2.40. The Kier molecular flexibility index (Phi) is 4.65. The minimum Gasteiger partial charge on any atom is -0.268 e. The summed E-state index contributed by atoms with van der Waals surface area (Å²) in [6, 6.07) is 8.32. The van der Waals surface area contributed by atoms with Crippen LogP contribution in [0.15, 0.2) is 34.2 Å². The van der Waals surface area contributed by atoms with Crippen LogP contribution in [-0.2, 0) is 18.4 Å². The highest BCUT2D eigenvalue weighted by Gasteiger charge is 2.36. The van der Waals surface area contributed by atoms with Crippen molar-refractivity contribution in [3.05, 3.63) is 45.7 Å². The molecule has 0 amide bonds. The first-order valence-electron chi connectivity index (χ1n) is 9.98. The van der Waals surface area contributed by atoms with Crippen LogP contribution in [0.5, 0.6) is 0 Å². The second-order valence-electron chi connectivity index (χ2n) is 9.02. The van der Waals surface area contributed by atoms with Gasteiger partial charge in [0, 0.05) is 22.8 Å². The third kappa shape index (κ3) is 3.08. The second kappa shape index (κ2) is 6.76. The van der Waals surface area contributed by atoms with Crippen LogP contribution in [0.2, 0.25) is 0 Å². The summed E-state index contributed by atoms with van der Waals surface area (Å²) in [4.78, 5) is 18.8. The van der Waals surface area contributed by atoms with Crippen molar-refractivity contribution in [1.29, 1.82) is 0 Å². The van der Waals surface area contributed by atoms with Gasteiger partial charge in [-0.3, -0.25) is 4.79 Å². The number of aromatic nitrogens is 4. The Bertz CT molecular complexity index is 1110.